The first-order valence-corrected chi connectivity index (χ1v) is 7.24. The molecule has 1 heterocycles. The van der Waals surface area contributed by atoms with Gasteiger partial charge in [-0.25, -0.2) is 15.0 Å². The molecule has 0 bridgehead atoms. The third kappa shape index (κ3) is 4.79. The van der Waals surface area contributed by atoms with Gasteiger partial charge in [0.2, 0.25) is 5.95 Å². The highest BCUT2D eigenvalue weighted by Gasteiger charge is 2.09. The van der Waals surface area contributed by atoms with Crippen molar-refractivity contribution in [3.05, 3.63) is 66.1 Å². The Morgan fingerprint density at radius 1 is 1.23 bits per heavy atom. The van der Waals surface area contributed by atoms with Crippen molar-refractivity contribution in [3.63, 3.8) is 0 Å². The summed E-state index contributed by atoms with van der Waals surface area (Å²) in [5.41, 5.74) is 8.30. The van der Waals surface area contributed by atoms with Gasteiger partial charge in [0, 0.05) is 12.4 Å². The third-order valence-electron chi connectivity index (χ3n) is 3.13. The van der Waals surface area contributed by atoms with E-state index >= 15 is 0 Å². The minimum atomic E-state index is -0.152. The molecular weight excluding hydrogens is 274 g/mol. The fourth-order valence-electron chi connectivity index (χ4n) is 2.08. The number of aromatic nitrogens is 2. The monoisotopic (exact) mass is 295 g/mol. The fourth-order valence-corrected chi connectivity index (χ4v) is 2.08. The molecule has 0 fully saturated rings. The lowest BCUT2D eigenvalue weighted by Crippen LogP contribution is -2.25. The van der Waals surface area contributed by atoms with Crippen LogP contribution in [0.2, 0.25) is 0 Å². The summed E-state index contributed by atoms with van der Waals surface area (Å²) in [6.45, 7) is 3.81. The molecule has 22 heavy (non-hydrogen) atoms. The molecule has 5 nitrogen and oxygen atoms in total. The van der Waals surface area contributed by atoms with E-state index in [4.69, 9.17) is 5.73 Å². The molecular formula is C17H21N5. The van der Waals surface area contributed by atoms with Crippen LogP contribution in [0.4, 0.5) is 5.95 Å². The summed E-state index contributed by atoms with van der Waals surface area (Å²) in [4.78, 5) is 12.8. The number of hydrogen-bond donors (Lipinski definition) is 2. The molecule has 114 valence electrons. The molecule has 1 aromatic carbocycles. The molecule has 2 aromatic rings. The summed E-state index contributed by atoms with van der Waals surface area (Å²) in [6.07, 6.45) is 6.05. The summed E-state index contributed by atoms with van der Waals surface area (Å²) in [7, 11) is 0. The van der Waals surface area contributed by atoms with Crippen LogP contribution in [0.15, 0.2) is 65.6 Å². The molecule has 2 rings (SSSR count). The lowest BCUT2D eigenvalue weighted by Gasteiger charge is -2.13. The molecule has 0 aliphatic heterocycles. The smallest absolute Gasteiger partial charge is 0.228 e. The van der Waals surface area contributed by atoms with Crippen LogP contribution in [-0.4, -0.2) is 21.8 Å². The van der Waals surface area contributed by atoms with Crippen molar-refractivity contribution in [2.45, 2.75) is 26.3 Å². The Bertz CT molecular complexity index is 635. The van der Waals surface area contributed by atoms with Crippen molar-refractivity contribution in [1.29, 1.82) is 0 Å². The number of benzene rings is 1. The number of hydrogen-bond acceptors (Lipinski definition) is 4. The van der Waals surface area contributed by atoms with Gasteiger partial charge >= 0.3 is 0 Å². The van der Waals surface area contributed by atoms with Crippen molar-refractivity contribution >= 4 is 11.8 Å². The molecule has 1 unspecified atom stereocenters. The number of rotatable bonds is 5. The third-order valence-corrected chi connectivity index (χ3v) is 3.13. The average Bonchev–Trinajstić information content (AvgIpc) is 2.54. The number of allylic oxidation sites excluding steroid dienone is 1. The van der Waals surface area contributed by atoms with Crippen LogP contribution in [0, 0.1) is 0 Å². The Kier molecular flexibility index (Phi) is 5.80. The van der Waals surface area contributed by atoms with Gasteiger partial charge < -0.3 is 11.1 Å². The summed E-state index contributed by atoms with van der Waals surface area (Å²) in [5.74, 6) is 1.23. The SMILES string of the molecule is C/C=C(\N=C(/C)Nc1ncccn1)C(N)Cc1ccccc1. The van der Waals surface area contributed by atoms with E-state index in [1.165, 1.54) is 5.56 Å². The Morgan fingerprint density at radius 3 is 2.55 bits per heavy atom. The molecule has 1 atom stereocenters. The maximum absolute atomic E-state index is 6.27. The van der Waals surface area contributed by atoms with E-state index in [1.807, 2.05) is 38.1 Å². The van der Waals surface area contributed by atoms with Gasteiger partial charge in [-0.2, -0.15) is 0 Å². The van der Waals surface area contributed by atoms with Gasteiger partial charge in [-0.15, -0.1) is 0 Å². The zero-order valence-corrected chi connectivity index (χ0v) is 12.9. The summed E-state index contributed by atoms with van der Waals surface area (Å²) < 4.78 is 0. The summed E-state index contributed by atoms with van der Waals surface area (Å²) in [6, 6.07) is 11.8. The molecule has 0 spiro atoms. The van der Waals surface area contributed by atoms with E-state index in [-0.39, 0.29) is 6.04 Å². The van der Waals surface area contributed by atoms with Gasteiger partial charge in [-0.1, -0.05) is 36.4 Å². The van der Waals surface area contributed by atoms with Gasteiger partial charge in [0.05, 0.1) is 11.7 Å². The highest BCUT2D eigenvalue weighted by molar-refractivity contribution is 5.92. The zero-order valence-electron chi connectivity index (χ0n) is 12.9. The standard InChI is InChI=1S/C17H21N5/c1-3-16(15(18)12-14-8-5-4-6-9-14)21-13(2)22-17-19-10-7-11-20-17/h3-11,15H,12,18H2,1-2H3,(H,19,20,21,22)/b16-3-. The van der Waals surface area contributed by atoms with E-state index in [0.29, 0.717) is 11.8 Å². The molecule has 0 saturated carbocycles. The minimum absolute atomic E-state index is 0.152. The maximum atomic E-state index is 6.27. The van der Waals surface area contributed by atoms with Crippen molar-refractivity contribution in [3.8, 4) is 0 Å². The molecule has 5 heteroatoms. The first-order chi connectivity index (χ1) is 10.7. The van der Waals surface area contributed by atoms with E-state index in [2.05, 4.69) is 32.4 Å². The fraction of sp³-hybridized carbons (Fsp3) is 0.235. The highest BCUT2D eigenvalue weighted by Crippen LogP contribution is 2.10. The van der Waals surface area contributed by atoms with Gasteiger partial charge in [0.25, 0.3) is 0 Å². The van der Waals surface area contributed by atoms with Crippen LogP contribution in [0.5, 0.6) is 0 Å². The lowest BCUT2D eigenvalue weighted by atomic mass is 10.0. The molecule has 0 amide bonds. The average molecular weight is 295 g/mol. The number of nitrogens with two attached hydrogens (primary N) is 1. The molecule has 0 radical (unpaired) electrons. The van der Waals surface area contributed by atoms with Gasteiger partial charge in [-0.05, 0) is 31.9 Å². The van der Waals surface area contributed by atoms with Crippen molar-refractivity contribution in [1.82, 2.24) is 9.97 Å². The normalized spacial score (nSPS) is 13.8. The molecule has 1 aromatic heterocycles. The van der Waals surface area contributed by atoms with E-state index < -0.39 is 0 Å². The predicted molar refractivity (Wildman–Crippen MR) is 90.6 cm³/mol. The van der Waals surface area contributed by atoms with Gasteiger partial charge in [0.1, 0.15) is 5.84 Å². The van der Waals surface area contributed by atoms with Crippen molar-refractivity contribution in [2.24, 2.45) is 10.7 Å². The van der Waals surface area contributed by atoms with E-state index in [0.717, 1.165) is 12.1 Å². The minimum Gasteiger partial charge on any atom is -0.322 e. The molecule has 0 aliphatic rings. The van der Waals surface area contributed by atoms with Crippen LogP contribution in [0.3, 0.4) is 0 Å². The summed E-state index contributed by atoms with van der Waals surface area (Å²) >= 11 is 0. The Balaban J connectivity index is 2.03. The zero-order chi connectivity index (χ0) is 15.8. The maximum Gasteiger partial charge on any atom is 0.228 e. The van der Waals surface area contributed by atoms with Crippen LogP contribution >= 0.6 is 0 Å². The number of aliphatic imine (C=N–C) groups is 1. The number of nitrogens with zero attached hydrogens (tertiary/aromatic N) is 3. The Hall–Kier alpha value is -2.53. The second-order valence-electron chi connectivity index (χ2n) is 4.90. The molecule has 3 N–H and O–H groups in total. The van der Waals surface area contributed by atoms with Crippen molar-refractivity contribution in [2.75, 3.05) is 5.32 Å². The van der Waals surface area contributed by atoms with E-state index in [9.17, 15) is 0 Å². The first-order valence-electron chi connectivity index (χ1n) is 7.24. The lowest BCUT2D eigenvalue weighted by molar-refractivity contribution is 0.753. The molecule has 0 aliphatic carbocycles. The summed E-state index contributed by atoms with van der Waals surface area (Å²) in [5, 5.41) is 3.06. The number of amidine groups is 1. The second-order valence-corrected chi connectivity index (χ2v) is 4.90. The first kappa shape index (κ1) is 15.9. The topological polar surface area (TPSA) is 76.2 Å². The quantitative estimate of drug-likeness (QED) is 0.657. The molecule has 0 saturated heterocycles. The van der Waals surface area contributed by atoms with Gasteiger partial charge in [0.15, 0.2) is 0 Å². The number of anilines is 1. The van der Waals surface area contributed by atoms with Crippen molar-refractivity contribution < 1.29 is 0 Å². The second kappa shape index (κ2) is 8.05. The number of nitrogens with one attached hydrogen (secondary N) is 1. The van der Waals surface area contributed by atoms with Crippen LogP contribution in [0.1, 0.15) is 19.4 Å². The van der Waals surface area contributed by atoms with Crippen LogP contribution < -0.4 is 11.1 Å². The Labute approximate surface area is 131 Å². The van der Waals surface area contributed by atoms with Crippen LogP contribution in [0.25, 0.3) is 0 Å². The predicted octanol–water partition coefficient (Wildman–Crippen LogP) is 2.78. The highest BCUT2D eigenvalue weighted by atomic mass is 15.1. The van der Waals surface area contributed by atoms with Crippen LogP contribution in [-0.2, 0) is 6.42 Å². The Morgan fingerprint density at radius 2 is 1.91 bits per heavy atom. The van der Waals surface area contributed by atoms with Gasteiger partial charge in [-0.3, -0.25) is 0 Å². The van der Waals surface area contributed by atoms with E-state index in [1.54, 1.807) is 18.5 Å². The largest absolute Gasteiger partial charge is 0.322 e.